The minimum Gasteiger partial charge on any atom is -0.479 e. The smallest absolute Gasteiger partial charge is 0.344 e. The lowest BCUT2D eigenvalue weighted by Crippen LogP contribution is -2.78. The number of allylic oxidation sites excluding steroid dienone is 1. The number of hydrogen-bond donors (Lipinski definition) is 5. The van der Waals surface area contributed by atoms with Gasteiger partial charge in [-0.1, -0.05) is 46.8 Å². The average molecular weight is 697 g/mol. The van der Waals surface area contributed by atoms with Crippen LogP contribution in [0.3, 0.4) is 0 Å². The van der Waals surface area contributed by atoms with Crippen LogP contribution >= 0.6 is 11.3 Å². The highest BCUT2D eigenvalue weighted by Gasteiger charge is 2.85. The Morgan fingerprint density at radius 3 is 2.31 bits per heavy atom. The molecule has 15 heteroatoms. The first-order chi connectivity index (χ1) is 22.4. The van der Waals surface area contributed by atoms with E-state index in [1.54, 1.807) is 0 Å². The van der Waals surface area contributed by atoms with E-state index < -0.39 is 77.7 Å². The number of ether oxygens (including phenoxy) is 4. The van der Waals surface area contributed by atoms with E-state index in [9.17, 15) is 49.5 Å². The number of carbonyl (C=O) groups is 5. The van der Waals surface area contributed by atoms with E-state index in [0.717, 1.165) is 18.1 Å². The fraction of sp³-hybridized carbons (Fsp3) is 0.606. The number of aliphatic carboxylic acids is 3. The Morgan fingerprint density at radius 1 is 1.12 bits per heavy atom. The van der Waals surface area contributed by atoms with Gasteiger partial charge in [-0.15, -0.1) is 0 Å². The lowest BCUT2D eigenvalue weighted by molar-refractivity contribution is -0.374. The molecule has 48 heavy (non-hydrogen) atoms. The quantitative estimate of drug-likeness (QED) is 0.0898. The molecule has 5 N–H and O–H groups in total. The van der Waals surface area contributed by atoms with E-state index in [0.29, 0.717) is 18.8 Å². The van der Waals surface area contributed by atoms with Crippen molar-refractivity contribution in [3.63, 3.8) is 0 Å². The second kappa shape index (κ2) is 15.3. The molecule has 2 aliphatic rings. The second-order valence-electron chi connectivity index (χ2n) is 12.8. The van der Waals surface area contributed by atoms with Crippen LogP contribution in [0.25, 0.3) is 0 Å². The molecule has 0 aliphatic carbocycles. The van der Waals surface area contributed by atoms with Crippen LogP contribution in [-0.4, -0.2) is 96.8 Å². The van der Waals surface area contributed by atoms with Crippen LogP contribution in [0.2, 0.25) is 0 Å². The van der Waals surface area contributed by atoms with Gasteiger partial charge in [-0.3, -0.25) is 4.79 Å². The molecular weight excluding hydrogens is 652 g/mol. The Kier molecular flexibility index (Phi) is 12.4. The zero-order valence-corrected chi connectivity index (χ0v) is 28.3. The molecule has 1 aromatic rings. The molecule has 10 unspecified atom stereocenters. The first kappa shape index (κ1) is 38.8. The number of carboxylic acid groups (broad SMARTS) is 3. The molecule has 14 nitrogen and oxygen atoms in total. The summed E-state index contributed by atoms with van der Waals surface area (Å²) in [7, 11) is 0. The van der Waals surface area contributed by atoms with Crippen molar-refractivity contribution >= 4 is 41.2 Å². The normalized spacial score (nSPS) is 30.6. The fourth-order valence-corrected chi connectivity index (χ4v) is 7.06. The minimum atomic E-state index is -3.89. The van der Waals surface area contributed by atoms with Gasteiger partial charge in [0, 0.05) is 25.3 Å². The van der Waals surface area contributed by atoms with Gasteiger partial charge in [0.2, 0.25) is 23.1 Å². The third kappa shape index (κ3) is 7.49. The van der Waals surface area contributed by atoms with Crippen LogP contribution in [-0.2, 0) is 49.3 Å². The molecule has 3 heterocycles. The van der Waals surface area contributed by atoms with Gasteiger partial charge in [-0.25, -0.2) is 19.2 Å². The lowest BCUT2D eigenvalue weighted by Gasteiger charge is -2.48. The predicted molar refractivity (Wildman–Crippen MR) is 169 cm³/mol. The summed E-state index contributed by atoms with van der Waals surface area (Å²) in [5.74, 6) is -11.3. The highest BCUT2D eigenvalue weighted by Crippen LogP contribution is 2.56. The number of hydrogen-bond acceptors (Lipinski definition) is 12. The molecule has 0 amide bonds. The molecule has 2 aliphatic heterocycles. The second-order valence-corrected chi connectivity index (χ2v) is 13.5. The first-order valence-electron chi connectivity index (χ1n) is 15.6. The maximum atomic E-state index is 13.0. The molecule has 1 aromatic heterocycles. The van der Waals surface area contributed by atoms with Crippen LogP contribution < -0.4 is 0 Å². The molecule has 2 fully saturated rings. The molecule has 0 aromatic carbocycles. The lowest BCUT2D eigenvalue weighted by atomic mass is 9.74. The van der Waals surface area contributed by atoms with E-state index >= 15 is 0 Å². The summed E-state index contributed by atoms with van der Waals surface area (Å²) in [4.78, 5) is 62.8. The van der Waals surface area contributed by atoms with Crippen molar-refractivity contribution in [2.45, 2.75) is 108 Å². The highest BCUT2D eigenvalue weighted by atomic mass is 32.1. The van der Waals surface area contributed by atoms with Crippen LogP contribution in [0.15, 0.2) is 41.1 Å². The Bertz CT molecular complexity index is 1410. The van der Waals surface area contributed by atoms with Crippen LogP contribution in [0, 0.1) is 17.8 Å². The third-order valence-corrected chi connectivity index (χ3v) is 9.75. The molecule has 2 bridgehead atoms. The van der Waals surface area contributed by atoms with Gasteiger partial charge in [-0.05, 0) is 59.1 Å². The number of carbonyl (C=O) groups excluding carboxylic acids is 2. The van der Waals surface area contributed by atoms with E-state index in [2.05, 4.69) is 6.58 Å². The molecule has 0 saturated carbocycles. The third-order valence-electron chi connectivity index (χ3n) is 9.02. The monoisotopic (exact) mass is 696 g/mol. The van der Waals surface area contributed by atoms with E-state index in [4.69, 9.17) is 18.9 Å². The van der Waals surface area contributed by atoms with Gasteiger partial charge in [0.1, 0.15) is 12.2 Å². The number of aliphatic hydroxyl groups is 2. The van der Waals surface area contributed by atoms with Crippen molar-refractivity contribution in [3.8, 4) is 0 Å². The Hall–Kier alpha value is -3.63. The molecule has 0 spiro atoms. The molecule has 10 atom stereocenters. The van der Waals surface area contributed by atoms with Crippen molar-refractivity contribution in [1.29, 1.82) is 0 Å². The standard InChI is InChI=1S/C33H44O14S/c1-7-17(2)14-18(3)8-9-23(35)45-26-25(36)31(46-27(28(37)38)32(43,29(39)40)33(26,47-31)30(41)42)12-10-19(4)24(44-21(6)34)20(5)15-22-11-13-48-16-22/h8-9,11,13,16-18,20,24-27,36,43H,4,7,10,12,14-15H2,1-3,5-6H3,(H,37,38)(H,39,40)(H,41,42). The van der Waals surface area contributed by atoms with Crippen LogP contribution in [0.5, 0.6) is 0 Å². The maximum absolute atomic E-state index is 13.0. The number of fused-ring (bicyclic) bond motifs is 2. The Morgan fingerprint density at radius 2 is 1.79 bits per heavy atom. The average Bonchev–Trinajstić information content (AvgIpc) is 3.59. The van der Waals surface area contributed by atoms with E-state index in [-0.39, 0.29) is 23.8 Å². The zero-order valence-electron chi connectivity index (χ0n) is 27.5. The predicted octanol–water partition coefficient (Wildman–Crippen LogP) is 2.95. The van der Waals surface area contributed by atoms with Gasteiger partial charge in [0.05, 0.1) is 0 Å². The molecule has 2 saturated heterocycles. The summed E-state index contributed by atoms with van der Waals surface area (Å²) in [6, 6.07) is 1.90. The zero-order chi connectivity index (χ0) is 36.2. The summed E-state index contributed by atoms with van der Waals surface area (Å²) >= 11 is 1.48. The minimum absolute atomic E-state index is 0.120. The number of esters is 2. The summed E-state index contributed by atoms with van der Waals surface area (Å²) < 4.78 is 22.0. The summed E-state index contributed by atoms with van der Waals surface area (Å²) in [5.41, 5.74) is -6.21. The van der Waals surface area contributed by atoms with Gasteiger partial charge in [-0.2, -0.15) is 11.3 Å². The first-order valence-corrected chi connectivity index (χ1v) is 16.5. The van der Waals surface area contributed by atoms with Gasteiger partial charge >= 0.3 is 29.8 Å². The van der Waals surface area contributed by atoms with Crippen molar-refractivity contribution in [3.05, 3.63) is 46.7 Å². The van der Waals surface area contributed by atoms with Crippen LogP contribution in [0.4, 0.5) is 0 Å². The Labute approximate surface area is 281 Å². The summed E-state index contributed by atoms with van der Waals surface area (Å²) in [6.45, 7) is 12.9. The Balaban J connectivity index is 2.02. The van der Waals surface area contributed by atoms with Gasteiger partial charge < -0.3 is 44.5 Å². The van der Waals surface area contributed by atoms with Crippen molar-refractivity contribution in [2.75, 3.05) is 0 Å². The number of rotatable bonds is 17. The van der Waals surface area contributed by atoms with Gasteiger partial charge in [0.25, 0.3) is 0 Å². The fourth-order valence-electron chi connectivity index (χ4n) is 6.38. The summed E-state index contributed by atoms with van der Waals surface area (Å²) in [5, 5.41) is 57.2. The molecular formula is C33H44O14S. The number of aliphatic hydroxyl groups excluding tert-OH is 1. The molecule has 266 valence electrons. The van der Waals surface area contributed by atoms with Gasteiger partial charge in [0.15, 0.2) is 6.10 Å². The van der Waals surface area contributed by atoms with Crippen molar-refractivity contribution < 1.29 is 68.5 Å². The molecule has 3 rings (SSSR count). The van der Waals surface area contributed by atoms with Crippen molar-refractivity contribution in [1.82, 2.24) is 0 Å². The molecule has 0 radical (unpaired) electrons. The topological polar surface area (TPSA) is 223 Å². The van der Waals surface area contributed by atoms with E-state index in [1.807, 2.05) is 44.5 Å². The highest BCUT2D eigenvalue weighted by molar-refractivity contribution is 7.07. The van der Waals surface area contributed by atoms with Crippen molar-refractivity contribution in [2.24, 2.45) is 17.8 Å². The number of carboxylic acids is 3. The largest absolute Gasteiger partial charge is 0.479 e. The van der Waals surface area contributed by atoms with Crippen LogP contribution in [0.1, 0.15) is 65.9 Å². The maximum Gasteiger partial charge on any atom is 0.344 e. The summed E-state index contributed by atoms with van der Waals surface area (Å²) in [6.07, 6.45) is -4.75. The SMILES string of the molecule is C=C(CCC12OC(C(=O)O)C(O)(C(=O)O)C(C(=O)O)(O1)C(OC(=O)C=CC(C)CC(C)CC)C2O)C(OC(C)=O)C(C)Cc1ccsc1. The number of thiophene rings is 1. The van der Waals surface area contributed by atoms with E-state index in [1.165, 1.54) is 24.3 Å².